The number of aliphatic carboxylic acids is 1. The molecule has 0 aromatic carbocycles. The summed E-state index contributed by atoms with van der Waals surface area (Å²) in [7, 11) is 0. The molecule has 0 amide bonds. The molecule has 3 nitrogen and oxygen atoms in total. The Morgan fingerprint density at radius 2 is 2.47 bits per heavy atom. The monoisotopic (exact) mass is 253 g/mol. The van der Waals surface area contributed by atoms with E-state index in [1.807, 2.05) is 16.8 Å². The molecular formula is C13H19NO2S. The fourth-order valence-electron chi connectivity index (χ4n) is 2.71. The van der Waals surface area contributed by atoms with Gasteiger partial charge < -0.3 is 5.11 Å². The molecule has 1 fully saturated rings. The van der Waals surface area contributed by atoms with Crippen molar-refractivity contribution in [1.82, 2.24) is 4.90 Å². The fourth-order valence-corrected chi connectivity index (χ4v) is 3.39. The molecule has 2 heterocycles. The first-order valence-electron chi connectivity index (χ1n) is 6.24. The van der Waals surface area contributed by atoms with Crippen molar-refractivity contribution in [1.29, 1.82) is 0 Å². The molecule has 0 saturated carbocycles. The van der Waals surface area contributed by atoms with E-state index in [0.717, 1.165) is 31.4 Å². The lowest BCUT2D eigenvalue weighted by Gasteiger charge is -2.38. The van der Waals surface area contributed by atoms with E-state index in [2.05, 4.69) is 11.8 Å². The maximum atomic E-state index is 11.5. The zero-order chi connectivity index (χ0) is 12.3. The van der Waals surface area contributed by atoms with Crippen LogP contribution in [0.3, 0.4) is 0 Å². The van der Waals surface area contributed by atoms with Crippen LogP contribution in [0, 0.1) is 0 Å². The van der Waals surface area contributed by atoms with Gasteiger partial charge in [-0.15, -0.1) is 0 Å². The highest BCUT2D eigenvalue weighted by Gasteiger charge is 2.33. The Labute approximate surface area is 106 Å². The standard InChI is InChI=1S/C13H19NO2S/c1-2-11-5-3-4-7-14(11)12(13(15)16)10-6-8-17-9-10/h6,8-9,11-12H,2-5,7H2,1H3,(H,15,16). The maximum absolute atomic E-state index is 11.5. The molecule has 0 radical (unpaired) electrons. The van der Waals surface area contributed by atoms with E-state index < -0.39 is 12.0 Å². The molecule has 1 aromatic rings. The first-order valence-corrected chi connectivity index (χ1v) is 7.19. The van der Waals surface area contributed by atoms with Gasteiger partial charge in [0.25, 0.3) is 0 Å². The molecule has 0 aliphatic carbocycles. The van der Waals surface area contributed by atoms with E-state index in [-0.39, 0.29) is 0 Å². The molecule has 1 aromatic heterocycles. The van der Waals surface area contributed by atoms with Gasteiger partial charge in [-0.1, -0.05) is 13.3 Å². The van der Waals surface area contributed by atoms with Crippen LogP contribution in [-0.2, 0) is 4.79 Å². The van der Waals surface area contributed by atoms with Crippen LogP contribution in [0.1, 0.15) is 44.2 Å². The summed E-state index contributed by atoms with van der Waals surface area (Å²) in [6, 6.07) is 1.90. The lowest BCUT2D eigenvalue weighted by Crippen LogP contribution is -2.44. The highest BCUT2D eigenvalue weighted by Crippen LogP contribution is 2.31. The van der Waals surface area contributed by atoms with Gasteiger partial charge in [0.1, 0.15) is 6.04 Å². The summed E-state index contributed by atoms with van der Waals surface area (Å²) in [4.78, 5) is 13.7. The van der Waals surface area contributed by atoms with Crippen LogP contribution in [0.4, 0.5) is 0 Å². The average molecular weight is 253 g/mol. The topological polar surface area (TPSA) is 40.5 Å². The number of nitrogens with zero attached hydrogens (tertiary/aromatic N) is 1. The Hall–Kier alpha value is -0.870. The molecule has 2 atom stereocenters. The predicted octanol–water partition coefficient (Wildman–Crippen LogP) is 3.14. The Kier molecular flexibility index (Phi) is 4.18. The third-order valence-electron chi connectivity index (χ3n) is 3.57. The second-order valence-electron chi connectivity index (χ2n) is 4.59. The molecule has 1 N–H and O–H groups in total. The van der Waals surface area contributed by atoms with Crippen LogP contribution in [0.25, 0.3) is 0 Å². The molecule has 0 spiro atoms. The van der Waals surface area contributed by atoms with E-state index in [9.17, 15) is 9.90 Å². The minimum absolute atomic E-state index is 0.421. The normalized spacial score (nSPS) is 23.5. The van der Waals surface area contributed by atoms with Crippen molar-refractivity contribution in [3.8, 4) is 0 Å². The van der Waals surface area contributed by atoms with Gasteiger partial charge in [0, 0.05) is 6.04 Å². The van der Waals surface area contributed by atoms with Gasteiger partial charge in [-0.3, -0.25) is 9.69 Å². The van der Waals surface area contributed by atoms with Gasteiger partial charge in [-0.05, 0) is 48.2 Å². The first-order chi connectivity index (χ1) is 8.24. The number of carboxylic acids is 1. The number of carboxylic acid groups (broad SMARTS) is 1. The van der Waals surface area contributed by atoms with Crippen LogP contribution in [0.2, 0.25) is 0 Å². The highest BCUT2D eigenvalue weighted by molar-refractivity contribution is 7.08. The molecule has 94 valence electrons. The van der Waals surface area contributed by atoms with Crippen molar-refractivity contribution in [2.24, 2.45) is 0 Å². The summed E-state index contributed by atoms with van der Waals surface area (Å²) in [6.07, 6.45) is 4.51. The largest absolute Gasteiger partial charge is 0.480 e. The summed E-state index contributed by atoms with van der Waals surface area (Å²) < 4.78 is 0. The number of piperidine rings is 1. The molecule has 17 heavy (non-hydrogen) atoms. The van der Waals surface area contributed by atoms with Gasteiger partial charge in [0.05, 0.1) is 0 Å². The molecule has 1 aliphatic rings. The number of thiophene rings is 1. The van der Waals surface area contributed by atoms with E-state index in [4.69, 9.17) is 0 Å². The van der Waals surface area contributed by atoms with Gasteiger partial charge in [0.2, 0.25) is 0 Å². The molecule has 2 unspecified atom stereocenters. The van der Waals surface area contributed by atoms with Crippen molar-refractivity contribution in [3.63, 3.8) is 0 Å². The summed E-state index contributed by atoms with van der Waals surface area (Å²) in [5.74, 6) is -0.719. The van der Waals surface area contributed by atoms with Crippen molar-refractivity contribution in [2.75, 3.05) is 6.54 Å². The van der Waals surface area contributed by atoms with Crippen molar-refractivity contribution >= 4 is 17.3 Å². The van der Waals surface area contributed by atoms with Crippen LogP contribution in [0.5, 0.6) is 0 Å². The third kappa shape index (κ3) is 2.69. The summed E-state index contributed by atoms with van der Waals surface area (Å²) in [5, 5.41) is 13.4. The summed E-state index contributed by atoms with van der Waals surface area (Å²) >= 11 is 1.57. The van der Waals surface area contributed by atoms with Gasteiger partial charge in [-0.25, -0.2) is 0 Å². The zero-order valence-electron chi connectivity index (χ0n) is 10.1. The van der Waals surface area contributed by atoms with Crippen molar-refractivity contribution in [2.45, 2.75) is 44.7 Å². The zero-order valence-corrected chi connectivity index (χ0v) is 10.9. The van der Waals surface area contributed by atoms with Crippen molar-refractivity contribution < 1.29 is 9.90 Å². The Balaban J connectivity index is 2.23. The SMILES string of the molecule is CCC1CCCCN1C(C(=O)O)c1ccsc1. The Bertz CT molecular complexity index is 364. The first kappa shape index (κ1) is 12.6. The van der Waals surface area contributed by atoms with E-state index in [0.29, 0.717) is 6.04 Å². The fraction of sp³-hybridized carbons (Fsp3) is 0.615. The lowest BCUT2D eigenvalue weighted by molar-refractivity contribution is -0.145. The maximum Gasteiger partial charge on any atom is 0.325 e. The summed E-state index contributed by atoms with van der Waals surface area (Å²) in [6.45, 7) is 3.06. The van der Waals surface area contributed by atoms with Crippen LogP contribution in [-0.4, -0.2) is 28.6 Å². The third-order valence-corrected chi connectivity index (χ3v) is 4.27. The smallest absolute Gasteiger partial charge is 0.325 e. The molecule has 1 saturated heterocycles. The molecule has 2 rings (SSSR count). The lowest BCUT2D eigenvalue weighted by atomic mass is 9.96. The van der Waals surface area contributed by atoms with Crippen LogP contribution >= 0.6 is 11.3 Å². The highest BCUT2D eigenvalue weighted by atomic mass is 32.1. The number of hydrogen-bond donors (Lipinski definition) is 1. The quantitative estimate of drug-likeness (QED) is 0.896. The molecule has 4 heteroatoms. The van der Waals surface area contributed by atoms with Gasteiger partial charge in [0.15, 0.2) is 0 Å². The minimum Gasteiger partial charge on any atom is -0.480 e. The van der Waals surface area contributed by atoms with Gasteiger partial charge in [-0.2, -0.15) is 11.3 Å². The molecular weight excluding hydrogens is 234 g/mol. The van der Waals surface area contributed by atoms with Crippen molar-refractivity contribution in [3.05, 3.63) is 22.4 Å². The van der Waals surface area contributed by atoms with Gasteiger partial charge >= 0.3 is 5.97 Å². The second kappa shape index (κ2) is 5.65. The van der Waals surface area contributed by atoms with Crippen LogP contribution in [0.15, 0.2) is 16.8 Å². The molecule has 1 aliphatic heterocycles. The number of rotatable bonds is 4. The number of carbonyl (C=O) groups is 1. The van der Waals surface area contributed by atoms with E-state index in [1.54, 1.807) is 11.3 Å². The minimum atomic E-state index is -0.719. The second-order valence-corrected chi connectivity index (χ2v) is 5.37. The molecule has 0 bridgehead atoms. The number of likely N-dealkylation sites (tertiary alicyclic amines) is 1. The Morgan fingerprint density at radius 3 is 3.06 bits per heavy atom. The average Bonchev–Trinajstić information content (AvgIpc) is 2.83. The van der Waals surface area contributed by atoms with Crippen LogP contribution < -0.4 is 0 Å². The summed E-state index contributed by atoms with van der Waals surface area (Å²) in [5.41, 5.74) is 0.933. The predicted molar refractivity (Wildman–Crippen MR) is 69.3 cm³/mol. The number of hydrogen-bond acceptors (Lipinski definition) is 3. The van der Waals surface area contributed by atoms with E-state index in [1.165, 1.54) is 6.42 Å². The van der Waals surface area contributed by atoms with E-state index >= 15 is 0 Å². The Morgan fingerprint density at radius 1 is 1.65 bits per heavy atom.